The average molecular weight is 281 g/mol. The number of amides is 2. The summed E-state index contributed by atoms with van der Waals surface area (Å²) in [6, 6.07) is 4.12. The lowest BCUT2D eigenvalue weighted by atomic mass is 10.1. The minimum Gasteiger partial charge on any atom is -0.366 e. The van der Waals surface area contributed by atoms with Crippen molar-refractivity contribution in [2.24, 2.45) is 5.73 Å². The van der Waals surface area contributed by atoms with Gasteiger partial charge in [0.1, 0.15) is 5.82 Å². The third kappa shape index (κ3) is 5.36. The van der Waals surface area contributed by atoms with Crippen molar-refractivity contribution in [2.75, 3.05) is 11.9 Å². The Balaban J connectivity index is 2.50. The summed E-state index contributed by atoms with van der Waals surface area (Å²) >= 11 is 0. The monoisotopic (exact) mass is 281 g/mol. The first-order chi connectivity index (χ1) is 9.40. The summed E-state index contributed by atoms with van der Waals surface area (Å²) in [5.74, 6) is -1.74. The predicted molar refractivity (Wildman–Crippen MR) is 75.9 cm³/mol. The molecule has 0 spiro atoms. The Labute approximate surface area is 117 Å². The third-order valence-corrected chi connectivity index (χ3v) is 2.65. The number of carbonyl (C=O) groups is 2. The lowest BCUT2D eigenvalue weighted by Gasteiger charge is -2.09. The zero-order valence-corrected chi connectivity index (χ0v) is 11.7. The zero-order valence-electron chi connectivity index (χ0n) is 11.7. The Morgan fingerprint density at radius 2 is 2.05 bits per heavy atom. The number of anilines is 1. The van der Waals surface area contributed by atoms with Crippen LogP contribution in [-0.4, -0.2) is 24.4 Å². The van der Waals surface area contributed by atoms with Gasteiger partial charge in [0.15, 0.2) is 0 Å². The summed E-state index contributed by atoms with van der Waals surface area (Å²) in [5.41, 5.74) is 5.17. The van der Waals surface area contributed by atoms with Gasteiger partial charge < -0.3 is 16.4 Å². The first-order valence-corrected chi connectivity index (χ1v) is 6.52. The molecule has 0 unspecified atom stereocenters. The van der Waals surface area contributed by atoms with Crippen molar-refractivity contribution < 1.29 is 14.0 Å². The summed E-state index contributed by atoms with van der Waals surface area (Å²) in [7, 11) is 0. The molecule has 0 saturated carbocycles. The highest BCUT2D eigenvalue weighted by molar-refractivity contribution is 5.96. The number of hydrogen-bond acceptors (Lipinski definition) is 3. The topological polar surface area (TPSA) is 84.2 Å². The molecule has 0 aromatic heterocycles. The molecule has 1 rings (SSSR count). The van der Waals surface area contributed by atoms with E-state index in [1.807, 2.05) is 13.8 Å². The van der Waals surface area contributed by atoms with Gasteiger partial charge in [-0.3, -0.25) is 9.59 Å². The van der Waals surface area contributed by atoms with Crippen LogP contribution in [0.25, 0.3) is 0 Å². The molecule has 0 atom stereocenters. The molecule has 6 heteroatoms. The molecule has 1 aromatic rings. The van der Waals surface area contributed by atoms with Gasteiger partial charge in [0.2, 0.25) is 5.91 Å². The Hall–Kier alpha value is -1.95. The number of hydrogen-bond donors (Lipinski definition) is 3. The van der Waals surface area contributed by atoms with Gasteiger partial charge in [0.05, 0.1) is 5.56 Å². The smallest absolute Gasteiger partial charge is 0.251 e. The lowest BCUT2D eigenvalue weighted by Crippen LogP contribution is -2.24. The first kappa shape index (κ1) is 16.1. The standard InChI is InChI=1S/C14H20FN3O2/c1-9(2)17-7-3-4-13(19)18-10-5-6-12(15)11(8-10)14(16)20/h5-6,8-9,17H,3-4,7H2,1-2H3,(H2,16,20)(H,18,19). The maximum Gasteiger partial charge on any atom is 0.251 e. The van der Waals surface area contributed by atoms with Crippen LogP contribution in [0.15, 0.2) is 18.2 Å². The van der Waals surface area contributed by atoms with Crippen LogP contribution >= 0.6 is 0 Å². The van der Waals surface area contributed by atoms with Gasteiger partial charge in [-0.05, 0) is 31.2 Å². The van der Waals surface area contributed by atoms with E-state index in [0.29, 0.717) is 24.6 Å². The Bertz CT molecular complexity index is 489. The summed E-state index contributed by atoms with van der Waals surface area (Å²) < 4.78 is 13.3. The van der Waals surface area contributed by atoms with Gasteiger partial charge >= 0.3 is 0 Å². The van der Waals surface area contributed by atoms with E-state index in [4.69, 9.17) is 5.73 Å². The molecular weight excluding hydrogens is 261 g/mol. The number of halogens is 1. The quantitative estimate of drug-likeness (QED) is 0.664. The van der Waals surface area contributed by atoms with E-state index in [1.165, 1.54) is 12.1 Å². The molecule has 4 N–H and O–H groups in total. The largest absolute Gasteiger partial charge is 0.366 e. The van der Waals surface area contributed by atoms with Crippen LogP contribution in [0, 0.1) is 5.82 Å². The Kier molecular flexibility index (Phi) is 6.11. The average Bonchev–Trinajstić information content (AvgIpc) is 2.36. The van der Waals surface area contributed by atoms with Crippen molar-refractivity contribution in [3.8, 4) is 0 Å². The second kappa shape index (κ2) is 7.59. The number of rotatable bonds is 7. The van der Waals surface area contributed by atoms with Crippen LogP contribution in [0.3, 0.4) is 0 Å². The molecule has 0 aliphatic rings. The van der Waals surface area contributed by atoms with E-state index in [-0.39, 0.29) is 11.5 Å². The Morgan fingerprint density at radius 3 is 2.65 bits per heavy atom. The molecule has 1 aromatic carbocycles. The van der Waals surface area contributed by atoms with Gasteiger partial charge in [-0.2, -0.15) is 0 Å². The fourth-order valence-corrected chi connectivity index (χ4v) is 1.66. The van der Waals surface area contributed by atoms with Crippen LogP contribution < -0.4 is 16.4 Å². The summed E-state index contributed by atoms with van der Waals surface area (Å²) in [4.78, 5) is 22.7. The molecule has 20 heavy (non-hydrogen) atoms. The molecule has 110 valence electrons. The van der Waals surface area contributed by atoms with E-state index < -0.39 is 11.7 Å². The van der Waals surface area contributed by atoms with Crippen molar-refractivity contribution in [1.29, 1.82) is 0 Å². The van der Waals surface area contributed by atoms with Gasteiger partial charge in [0, 0.05) is 18.2 Å². The minimum atomic E-state index is -0.861. The van der Waals surface area contributed by atoms with Crippen LogP contribution in [0.5, 0.6) is 0 Å². The number of primary amides is 1. The lowest BCUT2D eigenvalue weighted by molar-refractivity contribution is -0.116. The molecular formula is C14H20FN3O2. The number of carbonyl (C=O) groups excluding carboxylic acids is 2. The van der Waals surface area contributed by atoms with E-state index in [2.05, 4.69) is 10.6 Å². The highest BCUT2D eigenvalue weighted by atomic mass is 19.1. The second-order valence-corrected chi connectivity index (χ2v) is 4.82. The fourth-order valence-electron chi connectivity index (χ4n) is 1.66. The molecule has 0 bridgehead atoms. The maximum atomic E-state index is 13.3. The van der Waals surface area contributed by atoms with Gasteiger partial charge in [-0.15, -0.1) is 0 Å². The molecule has 0 saturated heterocycles. The third-order valence-electron chi connectivity index (χ3n) is 2.65. The highest BCUT2D eigenvalue weighted by Gasteiger charge is 2.10. The predicted octanol–water partition coefficient (Wildman–Crippen LogP) is 1.64. The van der Waals surface area contributed by atoms with Crippen molar-refractivity contribution >= 4 is 17.5 Å². The summed E-state index contributed by atoms with van der Waals surface area (Å²) in [6.45, 7) is 4.81. The minimum absolute atomic E-state index is 0.183. The zero-order chi connectivity index (χ0) is 15.1. The summed E-state index contributed by atoms with van der Waals surface area (Å²) in [6.07, 6.45) is 1.05. The molecule has 5 nitrogen and oxygen atoms in total. The first-order valence-electron chi connectivity index (χ1n) is 6.52. The van der Waals surface area contributed by atoms with E-state index in [0.717, 1.165) is 12.6 Å². The number of benzene rings is 1. The summed E-state index contributed by atoms with van der Waals surface area (Å²) in [5, 5.41) is 5.82. The fraction of sp³-hybridized carbons (Fsp3) is 0.429. The van der Waals surface area contributed by atoms with Gasteiger partial charge in [0.25, 0.3) is 5.91 Å². The second-order valence-electron chi connectivity index (χ2n) is 4.82. The highest BCUT2D eigenvalue weighted by Crippen LogP contribution is 2.14. The molecule has 0 fully saturated rings. The van der Waals surface area contributed by atoms with Crippen LogP contribution in [0.4, 0.5) is 10.1 Å². The molecule has 2 amide bonds. The molecule has 0 radical (unpaired) electrons. The van der Waals surface area contributed by atoms with Crippen molar-refractivity contribution in [1.82, 2.24) is 5.32 Å². The van der Waals surface area contributed by atoms with E-state index in [9.17, 15) is 14.0 Å². The maximum absolute atomic E-state index is 13.3. The molecule has 0 heterocycles. The number of nitrogens with two attached hydrogens (primary N) is 1. The Morgan fingerprint density at radius 1 is 1.35 bits per heavy atom. The molecule has 0 aliphatic heterocycles. The van der Waals surface area contributed by atoms with Gasteiger partial charge in [-0.25, -0.2) is 4.39 Å². The van der Waals surface area contributed by atoms with E-state index in [1.54, 1.807) is 0 Å². The van der Waals surface area contributed by atoms with Crippen LogP contribution in [0.1, 0.15) is 37.0 Å². The SMILES string of the molecule is CC(C)NCCCC(=O)Nc1ccc(F)c(C(N)=O)c1. The molecule has 0 aliphatic carbocycles. The van der Waals surface area contributed by atoms with Crippen LogP contribution in [0.2, 0.25) is 0 Å². The van der Waals surface area contributed by atoms with Crippen LogP contribution in [-0.2, 0) is 4.79 Å². The number of nitrogens with one attached hydrogen (secondary N) is 2. The van der Waals surface area contributed by atoms with Gasteiger partial charge in [-0.1, -0.05) is 13.8 Å². The van der Waals surface area contributed by atoms with E-state index >= 15 is 0 Å². The normalized spacial score (nSPS) is 10.6. The van der Waals surface area contributed by atoms with Crippen molar-refractivity contribution in [3.63, 3.8) is 0 Å². The van der Waals surface area contributed by atoms with Crippen molar-refractivity contribution in [3.05, 3.63) is 29.6 Å². The van der Waals surface area contributed by atoms with Crippen molar-refractivity contribution in [2.45, 2.75) is 32.7 Å².